The minimum Gasteiger partial charge on any atom is -0.496 e. The van der Waals surface area contributed by atoms with Gasteiger partial charge in [-0.1, -0.05) is 12.1 Å². The molecule has 8 heteroatoms. The monoisotopic (exact) mass is 466 g/mol. The van der Waals surface area contributed by atoms with Gasteiger partial charge in [0.2, 0.25) is 10.0 Å². The van der Waals surface area contributed by atoms with Gasteiger partial charge in [0.1, 0.15) is 11.5 Å². The minimum atomic E-state index is -3.51. The topological polar surface area (TPSA) is 59.1 Å². The van der Waals surface area contributed by atoms with Gasteiger partial charge in [0, 0.05) is 39.1 Å². The van der Waals surface area contributed by atoms with Crippen molar-refractivity contribution in [3.63, 3.8) is 0 Å². The molecule has 0 N–H and O–H groups in total. The summed E-state index contributed by atoms with van der Waals surface area (Å²) in [7, 11) is -1.95. The van der Waals surface area contributed by atoms with E-state index in [0.29, 0.717) is 36.4 Å². The lowest BCUT2D eigenvalue weighted by atomic mass is 10.1. The third-order valence-corrected chi connectivity index (χ3v) is 7.77. The molecular formula is C20H23BrN2O4S. The number of methoxy groups -OCH3 is 1. The van der Waals surface area contributed by atoms with Crippen LogP contribution >= 0.6 is 15.9 Å². The van der Waals surface area contributed by atoms with Gasteiger partial charge in [-0.15, -0.1) is 0 Å². The molecule has 0 radical (unpaired) electrons. The molecule has 4 rings (SSSR count). The quantitative estimate of drug-likeness (QED) is 0.677. The lowest BCUT2D eigenvalue weighted by Crippen LogP contribution is -2.48. The Kier molecular flexibility index (Phi) is 5.64. The van der Waals surface area contributed by atoms with Crippen LogP contribution in [0.2, 0.25) is 0 Å². The summed E-state index contributed by atoms with van der Waals surface area (Å²) >= 11 is 3.37. The summed E-state index contributed by atoms with van der Waals surface area (Å²) in [6.07, 6.45) is 0.965. The lowest BCUT2D eigenvalue weighted by Gasteiger charge is -2.34. The summed E-state index contributed by atoms with van der Waals surface area (Å²) in [5, 5.41) is 0. The molecule has 2 heterocycles. The van der Waals surface area contributed by atoms with Crippen LogP contribution in [0.1, 0.15) is 11.1 Å². The number of ether oxygens (including phenoxy) is 2. The van der Waals surface area contributed by atoms with Crippen molar-refractivity contribution in [2.24, 2.45) is 0 Å². The molecule has 1 fully saturated rings. The van der Waals surface area contributed by atoms with Crippen LogP contribution in [0.4, 0.5) is 0 Å². The van der Waals surface area contributed by atoms with Crippen LogP contribution in [0.25, 0.3) is 0 Å². The van der Waals surface area contributed by atoms with Crippen LogP contribution in [0.15, 0.2) is 45.8 Å². The highest BCUT2D eigenvalue weighted by Gasteiger charge is 2.29. The highest BCUT2D eigenvalue weighted by molar-refractivity contribution is 9.10. The molecule has 2 aromatic rings. The summed E-state index contributed by atoms with van der Waals surface area (Å²) in [5.74, 6) is 1.61. The molecule has 2 aliphatic heterocycles. The predicted octanol–water partition coefficient (Wildman–Crippen LogP) is 2.90. The average molecular weight is 467 g/mol. The van der Waals surface area contributed by atoms with Crippen molar-refractivity contribution in [3.05, 3.63) is 52.0 Å². The molecule has 0 unspecified atom stereocenters. The maximum atomic E-state index is 13.0. The first-order chi connectivity index (χ1) is 13.5. The van der Waals surface area contributed by atoms with Crippen LogP contribution in [-0.4, -0.2) is 57.5 Å². The number of sulfonamides is 1. The summed E-state index contributed by atoms with van der Waals surface area (Å²) in [6.45, 7) is 3.99. The number of hydrogen-bond donors (Lipinski definition) is 0. The van der Waals surface area contributed by atoms with Gasteiger partial charge in [-0.05, 0) is 51.3 Å². The maximum Gasteiger partial charge on any atom is 0.243 e. The second-order valence-corrected chi connectivity index (χ2v) is 9.81. The summed E-state index contributed by atoms with van der Waals surface area (Å²) in [5.41, 5.74) is 2.52. The van der Waals surface area contributed by atoms with Crippen LogP contribution < -0.4 is 9.47 Å². The Morgan fingerprint density at radius 3 is 2.61 bits per heavy atom. The Morgan fingerprint density at radius 1 is 1.11 bits per heavy atom. The highest BCUT2D eigenvalue weighted by Crippen LogP contribution is 2.30. The molecule has 6 nitrogen and oxygen atoms in total. The van der Waals surface area contributed by atoms with Crippen molar-refractivity contribution in [1.29, 1.82) is 0 Å². The second kappa shape index (κ2) is 8.02. The van der Waals surface area contributed by atoms with Crippen LogP contribution in [0, 0.1) is 0 Å². The Balaban J connectivity index is 1.40. The number of benzene rings is 2. The summed E-state index contributed by atoms with van der Waals surface area (Å²) < 4.78 is 38.9. The van der Waals surface area contributed by atoms with Crippen molar-refractivity contribution in [2.75, 3.05) is 39.9 Å². The summed E-state index contributed by atoms with van der Waals surface area (Å²) in [4.78, 5) is 2.58. The van der Waals surface area contributed by atoms with Gasteiger partial charge in [-0.25, -0.2) is 8.42 Å². The van der Waals surface area contributed by atoms with E-state index in [1.807, 2.05) is 6.07 Å². The largest absolute Gasteiger partial charge is 0.496 e. The van der Waals surface area contributed by atoms with Crippen molar-refractivity contribution >= 4 is 26.0 Å². The van der Waals surface area contributed by atoms with E-state index in [1.165, 1.54) is 11.1 Å². The molecule has 0 bridgehead atoms. The Labute approximate surface area is 174 Å². The first-order valence-corrected chi connectivity index (χ1v) is 11.5. The molecule has 0 aliphatic carbocycles. The van der Waals surface area contributed by atoms with E-state index in [1.54, 1.807) is 29.6 Å². The zero-order chi connectivity index (χ0) is 19.7. The zero-order valence-electron chi connectivity index (χ0n) is 15.7. The van der Waals surface area contributed by atoms with Gasteiger partial charge >= 0.3 is 0 Å². The van der Waals surface area contributed by atoms with Gasteiger partial charge in [0.15, 0.2) is 0 Å². The van der Waals surface area contributed by atoms with E-state index < -0.39 is 10.0 Å². The number of halogens is 1. The van der Waals surface area contributed by atoms with Crippen LogP contribution in [0.3, 0.4) is 0 Å². The van der Waals surface area contributed by atoms with E-state index in [9.17, 15) is 8.42 Å². The Morgan fingerprint density at radius 2 is 1.89 bits per heavy atom. The SMILES string of the molecule is COc1ccc(S(=O)(=O)N2CCN(Cc3ccc4c(c3)CCO4)CC2)cc1Br. The molecule has 0 atom stereocenters. The third-order valence-electron chi connectivity index (χ3n) is 5.25. The first-order valence-electron chi connectivity index (χ1n) is 9.28. The molecule has 0 spiro atoms. The van der Waals surface area contributed by atoms with Gasteiger partial charge in [-0.2, -0.15) is 4.31 Å². The molecule has 0 saturated carbocycles. The average Bonchev–Trinajstić information content (AvgIpc) is 3.16. The molecule has 2 aliphatic rings. The second-order valence-electron chi connectivity index (χ2n) is 7.02. The Bertz CT molecular complexity index is 972. The molecule has 28 heavy (non-hydrogen) atoms. The fourth-order valence-corrected chi connectivity index (χ4v) is 5.82. The highest BCUT2D eigenvalue weighted by atomic mass is 79.9. The molecular weight excluding hydrogens is 444 g/mol. The van der Waals surface area contributed by atoms with E-state index in [-0.39, 0.29) is 4.90 Å². The smallest absolute Gasteiger partial charge is 0.243 e. The van der Waals surface area contributed by atoms with Gasteiger partial charge in [0.25, 0.3) is 0 Å². The first kappa shape index (κ1) is 19.7. The van der Waals surface area contributed by atoms with Crippen LogP contribution in [-0.2, 0) is 23.0 Å². The van der Waals surface area contributed by atoms with Crippen molar-refractivity contribution in [3.8, 4) is 11.5 Å². The van der Waals surface area contributed by atoms with Crippen molar-refractivity contribution in [2.45, 2.75) is 17.9 Å². The number of piperazine rings is 1. The molecule has 2 aromatic carbocycles. The van der Waals surface area contributed by atoms with Gasteiger partial charge in [-0.3, -0.25) is 4.90 Å². The van der Waals surface area contributed by atoms with E-state index in [2.05, 4.69) is 33.0 Å². The fourth-order valence-electron chi connectivity index (χ4n) is 3.68. The summed E-state index contributed by atoms with van der Waals surface area (Å²) in [6, 6.07) is 11.2. The van der Waals surface area contributed by atoms with E-state index in [0.717, 1.165) is 25.3 Å². The molecule has 150 valence electrons. The normalized spacial score (nSPS) is 17.9. The maximum absolute atomic E-state index is 13.0. The third kappa shape index (κ3) is 3.91. The van der Waals surface area contributed by atoms with E-state index >= 15 is 0 Å². The van der Waals surface area contributed by atoms with E-state index in [4.69, 9.17) is 9.47 Å². The van der Waals surface area contributed by atoms with Crippen LogP contribution in [0.5, 0.6) is 11.5 Å². The fraction of sp³-hybridized carbons (Fsp3) is 0.400. The van der Waals surface area contributed by atoms with Gasteiger partial charge in [0.05, 0.1) is 23.1 Å². The minimum absolute atomic E-state index is 0.284. The number of fused-ring (bicyclic) bond motifs is 1. The van der Waals surface area contributed by atoms with Gasteiger partial charge < -0.3 is 9.47 Å². The van der Waals surface area contributed by atoms with Crippen molar-refractivity contribution < 1.29 is 17.9 Å². The Hall–Kier alpha value is -1.61. The molecule has 0 aromatic heterocycles. The lowest BCUT2D eigenvalue weighted by molar-refractivity contribution is 0.181. The number of nitrogens with zero attached hydrogens (tertiary/aromatic N) is 2. The predicted molar refractivity (Wildman–Crippen MR) is 110 cm³/mol. The number of rotatable bonds is 5. The number of hydrogen-bond acceptors (Lipinski definition) is 5. The zero-order valence-corrected chi connectivity index (χ0v) is 18.1. The van der Waals surface area contributed by atoms with Crippen molar-refractivity contribution in [1.82, 2.24) is 9.21 Å². The molecule has 0 amide bonds. The standard InChI is InChI=1S/C20H23BrN2O4S/c1-26-20-5-3-17(13-18(20)21)28(24,25)23-9-7-22(8-10-23)14-15-2-4-19-16(12-15)6-11-27-19/h2-5,12-13H,6-11,14H2,1H3. The molecule has 1 saturated heterocycles.